The number of allylic oxidation sites excluding steroid dienone is 2. The molecule has 0 aromatic heterocycles. The van der Waals surface area contributed by atoms with E-state index >= 15 is 0 Å². The largest absolute Gasteiger partial charge is 0.378 e. The first-order chi connectivity index (χ1) is 7.68. The van der Waals surface area contributed by atoms with E-state index in [4.69, 9.17) is 4.74 Å². The van der Waals surface area contributed by atoms with Gasteiger partial charge in [0.25, 0.3) is 5.70 Å². The fourth-order valence-corrected chi connectivity index (χ4v) is 2.06. The first-order valence-electron chi connectivity index (χ1n) is 5.58. The van der Waals surface area contributed by atoms with Crippen LogP contribution in [0.25, 0.3) is 0 Å². The molecule has 1 fully saturated rings. The molecular formula is C11H16N2O3. The third-order valence-corrected chi connectivity index (χ3v) is 2.94. The summed E-state index contributed by atoms with van der Waals surface area (Å²) in [5.41, 5.74) is 1.02. The summed E-state index contributed by atoms with van der Waals surface area (Å²) in [5.74, 6) is 0.376. The van der Waals surface area contributed by atoms with Crippen LogP contribution in [0.4, 0.5) is 0 Å². The number of hydrogen-bond acceptors (Lipinski definition) is 4. The Labute approximate surface area is 94.5 Å². The molecule has 0 N–H and O–H groups in total. The van der Waals surface area contributed by atoms with E-state index in [0.717, 1.165) is 25.2 Å². The van der Waals surface area contributed by atoms with Crippen molar-refractivity contribution in [3.63, 3.8) is 0 Å². The molecule has 88 valence electrons. The molecule has 1 atom stereocenters. The van der Waals surface area contributed by atoms with E-state index in [2.05, 4.69) is 6.92 Å². The van der Waals surface area contributed by atoms with E-state index in [1.54, 1.807) is 6.08 Å². The quantitative estimate of drug-likeness (QED) is 0.525. The van der Waals surface area contributed by atoms with Crippen LogP contribution in [-0.4, -0.2) is 36.1 Å². The topological polar surface area (TPSA) is 55.6 Å². The van der Waals surface area contributed by atoms with Gasteiger partial charge in [0.15, 0.2) is 0 Å². The zero-order chi connectivity index (χ0) is 11.5. The molecule has 0 aromatic rings. The Morgan fingerprint density at radius 1 is 1.50 bits per heavy atom. The fourth-order valence-electron chi connectivity index (χ4n) is 2.06. The van der Waals surface area contributed by atoms with Crippen molar-refractivity contribution in [1.29, 1.82) is 0 Å². The Bertz CT molecular complexity index is 343. The SMILES string of the molecule is CC1C=C(N2CCOCC2)C([N+](=O)[O-])=CC1. The van der Waals surface area contributed by atoms with E-state index in [9.17, 15) is 10.1 Å². The van der Waals surface area contributed by atoms with E-state index in [0.29, 0.717) is 19.1 Å². The third-order valence-electron chi connectivity index (χ3n) is 2.94. The average molecular weight is 224 g/mol. The summed E-state index contributed by atoms with van der Waals surface area (Å²) in [6, 6.07) is 0. The van der Waals surface area contributed by atoms with Gasteiger partial charge in [0.2, 0.25) is 0 Å². The summed E-state index contributed by atoms with van der Waals surface area (Å²) >= 11 is 0. The molecule has 0 radical (unpaired) electrons. The molecular weight excluding hydrogens is 208 g/mol. The van der Waals surface area contributed by atoms with Crippen LogP contribution in [0, 0.1) is 16.0 Å². The summed E-state index contributed by atoms with van der Waals surface area (Å²) < 4.78 is 5.25. The van der Waals surface area contributed by atoms with E-state index in [-0.39, 0.29) is 10.6 Å². The van der Waals surface area contributed by atoms with E-state index in [1.165, 1.54) is 0 Å². The van der Waals surface area contributed by atoms with Crippen molar-refractivity contribution in [2.75, 3.05) is 26.3 Å². The summed E-state index contributed by atoms with van der Waals surface area (Å²) in [5, 5.41) is 11.0. The van der Waals surface area contributed by atoms with Gasteiger partial charge in [0.05, 0.1) is 18.1 Å². The first-order valence-corrected chi connectivity index (χ1v) is 5.58. The molecule has 0 aromatic carbocycles. The molecule has 5 nitrogen and oxygen atoms in total. The van der Waals surface area contributed by atoms with Crippen molar-refractivity contribution in [3.8, 4) is 0 Å². The first kappa shape index (κ1) is 11.1. The second kappa shape index (κ2) is 4.65. The molecule has 1 aliphatic heterocycles. The van der Waals surface area contributed by atoms with Crippen LogP contribution in [-0.2, 0) is 4.74 Å². The van der Waals surface area contributed by atoms with Gasteiger partial charge in [0, 0.05) is 13.1 Å². The molecule has 16 heavy (non-hydrogen) atoms. The Morgan fingerprint density at radius 2 is 2.19 bits per heavy atom. The van der Waals surface area contributed by atoms with Crippen molar-refractivity contribution in [2.45, 2.75) is 13.3 Å². The number of nitro groups is 1. The van der Waals surface area contributed by atoms with Gasteiger partial charge >= 0.3 is 0 Å². The smallest absolute Gasteiger partial charge is 0.288 e. The third kappa shape index (κ3) is 2.24. The van der Waals surface area contributed by atoms with Crippen LogP contribution in [0.15, 0.2) is 23.5 Å². The molecule has 0 bridgehead atoms. The molecule has 0 spiro atoms. The minimum absolute atomic E-state index is 0.250. The van der Waals surface area contributed by atoms with E-state index in [1.807, 2.05) is 11.0 Å². The van der Waals surface area contributed by atoms with Crippen molar-refractivity contribution in [1.82, 2.24) is 4.90 Å². The van der Waals surface area contributed by atoms with Gasteiger partial charge in [-0.25, -0.2) is 0 Å². The Kier molecular flexibility index (Phi) is 3.24. The number of morpholine rings is 1. The van der Waals surface area contributed by atoms with Gasteiger partial charge in [-0.15, -0.1) is 0 Å². The highest BCUT2D eigenvalue weighted by molar-refractivity contribution is 5.28. The van der Waals surface area contributed by atoms with Crippen molar-refractivity contribution < 1.29 is 9.66 Å². The van der Waals surface area contributed by atoms with Gasteiger partial charge in [0.1, 0.15) is 5.70 Å². The Morgan fingerprint density at radius 3 is 2.81 bits per heavy atom. The van der Waals surface area contributed by atoms with Crippen molar-refractivity contribution in [2.24, 2.45) is 5.92 Å². The van der Waals surface area contributed by atoms with Crippen LogP contribution >= 0.6 is 0 Å². The predicted molar refractivity (Wildman–Crippen MR) is 59.3 cm³/mol. The molecule has 1 saturated heterocycles. The van der Waals surface area contributed by atoms with Gasteiger partial charge in [-0.05, 0) is 18.4 Å². The summed E-state index contributed by atoms with van der Waals surface area (Å²) in [6.45, 7) is 4.86. The number of nitrogens with zero attached hydrogens (tertiary/aromatic N) is 2. The highest BCUT2D eigenvalue weighted by atomic mass is 16.6. The maximum absolute atomic E-state index is 11.0. The second-order valence-corrected chi connectivity index (χ2v) is 4.21. The molecule has 1 unspecified atom stereocenters. The number of rotatable bonds is 2. The predicted octanol–water partition coefficient (Wildman–Crippen LogP) is 1.40. The normalized spacial score (nSPS) is 26.1. The molecule has 1 aliphatic carbocycles. The lowest BCUT2D eigenvalue weighted by molar-refractivity contribution is -0.423. The van der Waals surface area contributed by atoms with Crippen LogP contribution in [0.5, 0.6) is 0 Å². The highest BCUT2D eigenvalue weighted by Gasteiger charge is 2.27. The zero-order valence-electron chi connectivity index (χ0n) is 9.39. The molecule has 0 saturated carbocycles. The summed E-state index contributed by atoms with van der Waals surface area (Å²) in [4.78, 5) is 12.7. The van der Waals surface area contributed by atoms with Crippen molar-refractivity contribution >= 4 is 0 Å². The average Bonchev–Trinajstić information content (AvgIpc) is 2.29. The molecule has 2 aliphatic rings. The lowest BCUT2D eigenvalue weighted by Crippen LogP contribution is -2.37. The Balaban J connectivity index is 2.20. The molecule has 2 rings (SSSR count). The zero-order valence-corrected chi connectivity index (χ0v) is 9.39. The van der Waals surface area contributed by atoms with Crippen LogP contribution in [0.3, 0.4) is 0 Å². The van der Waals surface area contributed by atoms with Gasteiger partial charge in [-0.3, -0.25) is 10.1 Å². The Hall–Kier alpha value is -1.36. The molecule has 5 heteroatoms. The lowest BCUT2D eigenvalue weighted by atomic mass is 9.98. The number of hydrogen-bond donors (Lipinski definition) is 0. The molecule has 1 heterocycles. The summed E-state index contributed by atoms with van der Waals surface area (Å²) in [6.07, 6.45) is 4.49. The highest BCUT2D eigenvalue weighted by Crippen LogP contribution is 2.26. The van der Waals surface area contributed by atoms with Gasteiger partial charge in [-0.1, -0.05) is 13.0 Å². The number of ether oxygens (including phenoxy) is 1. The maximum atomic E-state index is 11.0. The van der Waals surface area contributed by atoms with Gasteiger partial charge < -0.3 is 9.64 Å². The standard InChI is InChI=1S/C11H16N2O3/c1-9-2-3-10(13(14)15)11(8-9)12-4-6-16-7-5-12/h3,8-9H,2,4-7H2,1H3. The fraction of sp³-hybridized carbons (Fsp3) is 0.636. The van der Waals surface area contributed by atoms with Crippen LogP contribution < -0.4 is 0 Å². The molecule has 0 amide bonds. The monoisotopic (exact) mass is 224 g/mol. The van der Waals surface area contributed by atoms with Crippen molar-refractivity contribution in [3.05, 3.63) is 33.7 Å². The van der Waals surface area contributed by atoms with E-state index < -0.39 is 0 Å². The second-order valence-electron chi connectivity index (χ2n) is 4.21. The van der Waals surface area contributed by atoms with Crippen LogP contribution in [0.1, 0.15) is 13.3 Å². The minimum atomic E-state index is -0.285. The van der Waals surface area contributed by atoms with Gasteiger partial charge in [-0.2, -0.15) is 0 Å². The lowest BCUT2D eigenvalue weighted by Gasteiger charge is -2.31. The summed E-state index contributed by atoms with van der Waals surface area (Å²) in [7, 11) is 0. The maximum Gasteiger partial charge on any atom is 0.288 e. The van der Waals surface area contributed by atoms with Crippen LogP contribution in [0.2, 0.25) is 0 Å². The minimum Gasteiger partial charge on any atom is -0.378 e.